The summed E-state index contributed by atoms with van der Waals surface area (Å²) in [4.78, 5) is 0. The third-order valence-corrected chi connectivity index (χ3v) is 3.25. The van der Waals surface area contributed by atoms with Crippen LogP contribution in [0.25, 0.3) is 0 Å². The maximum absolute atomic E-state index is 13.7. The molecule has 3 N–H and O–H groups in total. The predicted molar refractivity (Wildman–Crippen MR) is 64.9 cm³/mol. The monoisotopic (exact) mass is 256 g/mol. The Morgan fingerprint density at radius 1 is 1.38 bits per heavy atom. The van der Waals surface area contributed by atoms with Crippen molar-refractivity contribution in [1.82, 2.24) is 5.43 Å². The zero-order valence-corrected chi connectivity index (χ0v) is 9.86. The van der Waals surface area contributed by atoms with Crippen LogP contribution >= 0.6 is 22.9 Å². The summed E-state index contributed by atoms with van der Waals surface area (Å²) in [5.74, 6) is 5.10. The van der Waals surface area contributed by atoms with Crippen LogP contribution in [0.4, 0.5) is 4.39 Å². The zero-order chi connectivity index (χ0) is 11.5. The molecule has 2 nitrogen and oxygen atoms in total. The minimum Gasteiger partial charge on any atom is -0.271 e. The fraction of sp³-hybridized carbons (Fsp3) is 0.0909. The summed E-state index contributed by atoms with van der Waals surface area (Å²) in [6.45, 7) is 0. The summed E-state index contributed by atoms with van der Waals surface area (Å²) in [7, 11) is 0. The molecule has 0 fully saturated rings. The standard InChI is InChI=1S/C11H10ClFN2S/c12-8-1-2-9(10(13)5-8)11(15-14)7-3-4-16-6-7/h1-6,11,15H,14H2. The molecule has 1 aromatic heterocycles. The molecule has 0 spiro atoms. The van der Waals surface area contributed by atoms with Gasteiger partial charge in [0.1, 0.15) is 5.82 Å². The van der Waals surface area contributed by atoms with Crippen molar-refractivity contribution in [3.8, 4) is 0 Å². The number of nitrogens with two attached hydrogens (primary N) is 1. The van der Waals surface area contributed by atoms with Crippen LogP contribution in [-0.2, 0) is 0 Å². The third-order valence-electron chi connectivity index (χ3n) is 2.32. The highest BCUT2D eigenvalue weighted by Gasteiger charge is 2.16. The summed E-state index contributed by atoms with van der Waals surface area (Å²) in [5.41, 5.74) is 4.03. The second-order valence-electron chi connectivity index (χ2n) is 3.32. The highest BCUT2D eigenvalue weighted by molar-refractivity contribution is 7.08. The summed E-state index contributed by atoms with van der Waals surface area (Å²) in [6.07, 6.45) is 0. The fourth-order valence-electron chi connectivity index (χ4n) is 1.54. The molecule has 2 rings (SSSR count). The Labute approximate surface area is 102 Å². The van der Waals surface area contributed by atoms with E-state index in [9.17, 15) is 4.39 Å². The second-order valence-corrected chi connectivity index (χ2v) is 4.54. The Bertz CT molecular complexity index is 473. The van der Waals surface area contributed by atoms with Crippen molar-refractivity contribution in [1.29, 1.82) is 0 Å². The number of rotatable bonds is 3. The van der Waals surface area contributed by atoms with Crippen molar-refractivity contribution in [3.05, 3.63) is 57.0 Å². The van der Waals surface area contributed by atoms with Gasteiger partial charge in [0.05, 0.1) is 6.04 Å². The molecule has 1 atom stereocenters. The first-order valence-electron chi connectivity index (χ1n) is 4.65. The molecular weight excluding hydrogens is 247 g/mol. The predicted octanol–water partition coefficient (Wildman–Crippen LogP) is 3.09. The van der Waals surface area contributed by atoms with Crippen molar-refractivity contribution in [2.45, 2.75) is 6.04 Å². The van der Waals surface area contributed by atoms with Crippen LogP contribution in [0.15, 0.2) is 35.0 Å². The van der Waals surface area contributed by atoms with Crippen LogP contribution < -0.4 is 11.3 Å². The molecule has 0 aliphatic rings. The molecule has 0 aliphatic heterocycles. The van der Waals surface area contributed by atoms with Gasteiger partial charge in [-0.1, -0.05) is 17.7 Å². The summed E-state index contributed by atoms with van der Waals surface area (Å²) in [6, 6.07) is 6.14. The number of thiophene rings is 1. The molecule has 0 saturated heterocycles. The van der Waals surface area contributed by atoms with Gasteiger partial charge in [-0.05, 0) is 34.5 Å². The van der Waals surface area contributed by atoms with Gasteiger partial charge in [0.15, 0.2) is 0 Å². The van der Waals surface area contributed by atoms with Crippen LogP contribution in [0.1, 0.15) is 17.2 Å². The van der Waals surface area contributed by atoms with Gasteiger partial charge >= 0.3 is 0 Å². The molecule has 1 heterocycles. The molecule has 1 unspecified atom stereocenters. The molecule has 0 aliphatic carbocycles. The molecule has 84 valence electrons. The number of halogens is 2. The Morgan fingerprint density at radius 2 is 2.19 bits per heavy atom. The van der Waals surface area contributed by atoms with E-state index in [0.717, 1.165) is 5.56 Å². The second kappa shape index (κ2) is 4.93. The molecule has 0 saturated carbocycles. The van der Waals surface area contributed by atoms with Gasteiger partial charge in [-0.3, -0.25) is 5.84 Å². The summed E-state index contributed by atoms with van der Waals surface area (Å²) < 4.78 is 13.7. The molecule has 5 heteroatoms. The van der Waals surface area contributed by atoms with E-state index in [0.29, 0.717) is 10.6 Å². The topological polar surface area (TPSA) is 38.0 Å². The Morgan fingerprint density at radius 3 is 2.75 bits per heavy atom. The number of hydrogen-bond acceptors (Lipinski definition) is 3. The average Bonchev–Trinajstić information content (AvgIpc) is 2.75. The minimum absolute atomic E-state index is 0.344. The van der Waals surface area contributed by atoms with Crippen LogP contribution in [0, 0.1) is 5.82 Å². The Hall–Kier alpha value is -0.940. The van der Waals surface area contributed by atoms with Gasteiger partial charge in [0.25, 0.3) is 0 Å². The largest absolute Gasteiger partial charge is 0.271 e. The van der Waals surface area contributed by atoms with Crippen LogP contribution in [0.2, 0.25) is 5.02 Å². The van der Waals surface area contributed by atoms with Crippen molar-refractivity contribution >= 4 is 22.9 Å². The van der Waals surface area contributed by atoms with Crippen molar-refractivity contribution in [3.63, 3.8) is 0 Å². The molecule has 0 bridgehead atoms. The highest BCUT2D eigenvalue weighted by Crippen LogP contribution is 2.26. The molecular formula is C11H10ClFN2S. The lowest BCUT2D eigenvalue weighted by atomic mass is 10.0. The molecule has 16 heavy (non-hydrogen) atoms. The van der Waals surface area contributed by atoms with E-state index < -0.39 is 0 Å². The maximum atomic E-state index is 13.7. The Balaban J connectivity index is 2.41. The van der Waals surface area contributed by atoms with E-state index in [1.807, 2.05) is 16.8 Å². The van der Waals surface area contributed by atoms with Crippen LogP contribution in [0.5, 0.6) is 0 Å². The molecule has 0 radical (unpaired) electrons. The molecule has 0 amide bonds. The first-order valence-corrected chi connectivity index (χ1v) is 5.97. The number of hydrazine groups is 1. The summed E-state index contributed by atoms with van der Waals surface area (Å²) >= 11 is 7.24. The van der Waals surface area contributed by atoms with Gasteiger partial charge in [-0.2, -0.15) is 11.3 Å². The van der Waals surface area contributed by atoms with Gasteiger partial charge < -0.3 is 0 Å². The lowest BCUT2D eigenvalue weighted by Gasteiger charge is -2.15. The number of benzene rings is 1. The first-order chi connectivity index (χ1) is 7.72. The van der Waals surface area contributed by atoms with Gasteiger partial charge in [-0.15, -0.1) is 0 Å². The smallest absolute Gasteiger partial charge is 0.129 e. The minimum atomic E-state index is -0.360. The fourth-order valence-corrected chi connectivity index (χ4v) is 2.39. The molecule has 1 aromatic carbocycles. The van der Waals surface area contributed by atoms with Crippen LogP contribution in [0.3, 0.4) is 0 Å². The zero-order valence-electron chi connectivity index (χ0n) is 8.28. The van der Waals surface area contributed by atoms with E-state index in [1.54, 1.807) is 23.5 Å². The maximum Gasteiger partial charge on any atom is 0.129 e. The third kappa shape index (κ3) is 2.25. The van der Waals surface area contributed by atoms with E-state index in [1.165, 1.54) is 6.07 Å². The SMILES string of the molecule is NNC(c1ccsc1)c1ccc(Cl)cc1F. The van der Waals surface area contributed by atoms with E-state index in [4.69, 9.17) is 17.4 Å². The normalized spacial score (nSPS) is 12.7. The van der Waals surface area contributed by atoms with Gasteiger partial charge in [0.2, 0.25) is 0 Å². The van der Waals surface area contributed by atoms with Crippen molar-refractivity contribution < 1.29 is 4.39 Å². The van der Waals surface area contributed by atoms with E-state index in [-0.39, 0.29) is 11.9 Å². The lowest BCUT2D eigenvalue weighted by Crippen LogP contribution is -2.29. The average molecular weight is 257 g/mol. The quantitative estimate of drug-likeness (QED) is 0.654. The van der Waals surface area contributed by atoms with Gasteiger partial charge in [0, 0.05) is 10.6 Å². The first kappa shape index (κ1) is 11.5. The van der Waals surface area contributed by atoms with Gasteiger partial charge in [-0.25, -0.2) is 9.82 Å². The lowest BCUT2D eigenvalue weighted by molar-refractivity contribution is 0.561. The highest BCUT2D eigenvalue weighted by atomic mass is 35.5. The number of hydrogen-bond donors (Lipinski definition) is 2. The molecule has 2 aromatic rings. The van der Waals surface area contributed by atoms with Crippen molar-refractivity contribution in [2.24, 2.45) is 5.84 Å². The van der Waals surface area contributed by atoms with E-state index >= 15 is 0 Å². The van der Waals surface area contributed by atoms with Crippen LogP contribution in [-0.4, -0.2) is 0 Å². The Kier molecular flexibility index (Phi) is 3.56. The summed E-state index contributed by atoms with van der Waals surface area (Å²) in [5, 5.41) is 4.23. The van der Waals surface area contributed by atoms with Crippen molar-refractivity contribution in [2.75, 3.05) is 0 Å². The van der Waals surface area contributed by atoms with E-state index in [2.05, 4.69) is 5.43 Å². The number of nitrogens with one attached hydrogen (secondary N) is 1.